The van der Waals surface area contributed by atoms with Crippen LogP contribution in [0.15, 0.2) is 60.9 Å². The number of aromatic nitrogens is 2. The van der Waals surface area contributed by atoms with Crippen molar-refractivity contribution in [3.63, 3.8) is 0 Å². The van der Waals surface area contributed by atoms with Crippen LogP contribution in [0.25, 0.3) is 0 Å². The predicted molar refractivity (Wildman–Crippen MR) is 133 cm³/mol. The van der Waals surface area contributed by atoms with Crippen molar-refractivity contribution in [1.82, 2.24) is 14.7 Å². The Morgan fingerprint density at radius 3 is 2.64 bits per heavy atom. The number of rotatable bonds is 7. The molecule has 2 heterocycles. The van der Waals surface area contributed by atoms with Crippen molar-refractivity contribution in [1.29, 1.82) is 0 Å². The Morgan fingerprint density at radius 2 is 1.97 bits per heavy atom. The summed E-state index contributed by atoms with van der Waals surface area (Å²) in [4.78, 5) is 29.6. The van der Waals surface area contributed by atoms with Gasteiger partial charge in [0.1, 0.15) is 6.04 Å². The Kier molecular flexibility index (Phi) is 6.76. The Labute approximate surface area is 202 Å². The second-order valence-electron chi connectivity index (χ2n) is 7.90. The summed E-state index contributed by atoms with van der Waals surface area (Å²) < 4.78 is 1.81. The minimum atomic E-state index is -0.733. The first-order chi connectivity index (χ1) is 15.9. The Morgan fingerprint density at radius 1 is 1.21 bits per heavy atom. The van der Waals surface area contributed by atoms with E-state index in [-0.39, 0.29) is 18.2 Å². The molecule has 0 bridgehead atoms. The Bertz CT molecular complexity index is 1190. The molecule has 3 aromatic rings. The highest BCUT2D eigenvalue weighted by molar-refractivity contribution is 7.80. The monoisotopic (exact) mass is 481 g/mol. The van der Waals surface area contributed by atoms with Crippen LogP contribution >= 0.6 is 23.8 Å². The number of anilines is 2. The van der Waals surface area contributed by atoms with Crippen molar-refractivity contribution < 1.29 is 9.59 Å². The molecule has 1 fully saturated rings. The molecule has 1 aliphatic heterocycles. The lowest BCUT2D eigenvalue weighted by Gasteiger charge is -2.23. The number of carbonyl (C=O) groups is 2. The number of halogens is 1. The maximum Gasteiger partial charge on any atom is 0.256 e. The molecular weight excluding hydrogens is 458 g/mol. The number of hydrogen-bond donors (Lipinski definition) is 1. The normalized spacial score (nSPS) is 15.9. The second-order valence-corrected chi connectivity index (χ2v) is 8.70. The lowest BCUT2D eigenvalue weighted by molar-refractivity contribution is -0.124. The van der Waals surface area contributed by atoms with Gasteiger partial charge in [0.25, 0.3) is 5.91 Å². The minimum absolute atomic E-state index is 0.0288. The van der Waals surface area contributed by atoms with E-state index in [1.54, 1.807) is 35.4 Å². The molecule has 4 rings (SSSR count). The molecule has 0 spiro atoms. The Balaban J connectivity index is 1.59. The van der Waals surface area contributed by atoms with E-state index in [0.717, 1.165) is 17.7 Å². The number of nitrogens with zero attached hydrogens (tertiary/aromatic N) is 4. The average molecular weight is 482 g/mol. The summed E-state index contributed by atoms with van der Waals surface area (Å²) in [7, 11) is 0. The zero-order valence-corrected chi connectivity index (χ0v) is 19.9. The largest absolute Gasteiger partial charge is 0.331 e. The fraction of sp³-hybridized carbons (Fsp3) is 0.250. The van der Waals surface area contributed by atoms with E-state index in [9.17, 15) is 9.59 Å². The molecule has 7 nitrogen and oxygen atoms in total. The van der Waals surface area contributed by atoms with Crippen LogP contribution in [0, 0.1) is 6.92 Å². The van der Waals surface area contributed by atoms with E-state index in [4.69, 9.17) is 23.8 Å². The summed E-state index contributed by atoms with van der Waals surface area (Å²) in [5.41, 5.74) is 3.26. The molecule has 170 valence electrons. The first-order valence-corrected chi connectivity index (χ1v) is 11.4. The van der Waals surface area contributed by atoms with Gasteiger partial charge in [-0.25, -0.2) is 0 Å². The van der Waals surface area contributed by atoms with E-state index < -0.39 is 6.04 Å². The topological polar surface area (TPSA) is 70.5 Å². The highest BCUT2D eigenvalue weighted by atomic mass is 35.5. The number of hydrogen-bond acceptors (Lipinski definition) is 4. The zero-order valence-electron chi connectivity index (χ0n) is 18.4. The molecule has 2 amide bonds. The summed E-state index contributed by atoms with van der Waals surface area (Å²) in [6.45, 7) is 5.07. The highest BCUT2D eigenvalue weighted by Gasteiger charge is 2.44. The third-order valence-electron chi connectivity index (χ3n) is 5.45. The van der Waals surface area contributed by atoms with Gasteiger partial charge in [0.05, 0.1) is 18.3 Å². The summed E-state index contributed by atoms with van der Waals surface area (Å²) >= 11 is 11.7. The first-order valence-electron chi connectivity index (χ1n) is 10.6. The predicted octanol–water partition coefficient (Wildman–Crippen LogP) is 4.40. The quantitative estimate of drug-likeness (QED) is 0.506. The standard InChI is InChI=1S/C24H24ClN5O2S/c1-3-28-14-17(13-26-28)15-29-21(12-22(31)27-19-6-4-5-16(2)11-19)23(32)30(24(29)33)20-9-7-18(25)8-10-20/h4-11,13-14,21H,3,12,15H2,1-2H3,(H,27,31). The van der Waals surface area contributed by atoms with Gasteiger partial charge in [0.15, 0.2) is 5.11 Å². The van der Waals surface area contributed by atoms with Gasteiger partial charge in [-0.1, -0.05) is 23.7 Å². The van der Waals surface area contributed by atoms with Gasteiger partial charge in [-0.3, -0.25) is 19.2 Å². The average Bonchev–Trinajstić information content (AvgIpc) is 3.33. The van der Waals surface area contributed by atoms with Gasteiger partial charge in [-0.2, -0.15) is 5.10 Å². The van der Waals surface area contributed by atoms with Crippen molar-refractivity contribution in [3.05, 3.63) is 77.1 Å². The molecule has 1 unspecified atom stereocenters. The number of thiocarbonyl (C=S) groups is 1. The molecule has 1 aromatic heterocycles. The lowest BCUT2D eigenvalue weighted by Crippen LogP contribution is -2.37. The van der Waals surface area contributed by atoms with E-state index >= 15 is 0 Å². The van der Waals surface area contributed by atoms with Crippen LogP contribution in [0.2, 0.25) is 5.02 Å². The van der Waals surface area contributed by atoms with Gasteiger partial charge >= 0.3 is 0 Å². The van der Waals surface area contributed by atoms with Crippen LogP contribution in [0.5, 0.6) is 0 Å². The molecule has 9 heteroatoms. The maximum atomic E-state index is 13.5. The first kappa shape index (κ1) is 22.9. The second kappa shape index (κ2) is 9.72. The van der Waals surface area contributed by atoms with Gasteiger partial charge in [0, 0.05) is 35.6 Å². The van der Waals surface area contributed by atoms with Crippen LogP contribution < -0.4 is 10.2 Å². The minimum Gasteiger partial charge on any atom is -0.331 e. The summed E-state index contributed by atoms with van der Waals surface area (Å²) in [6.07, 6.45) is 3.65. The SMILES string of the molecule is CCn1cc(CN2C(=S)N(c3ccc(Cl)cc3)C(=O)C2CC(=O)Nc2cccc(C)c2)cn1. The van der Waals surface area contributed by atoms with Crippen LogP contribution in [0.1, 0.15) is 24.5 Å². The molecule has 0 saturated carbocycles. The molecule has 1 aliphatic rings. The third-order valence-corrected chi connectivity index (χ3v) is 6.12. The van der Waals surface area contributed by atoms with Crippen LogP contribution in [-0.2, 0) is 22.7 Å². The van der Waals surface area contributed by atoms with E-state index in [1.165, 1.54) is 4.90 Å². The van der Waals surface area contributed by atoms with E-state index in [0.29, 0.717) is 28.1 Å². The lowest BCUT2D eigenvalue weighted by atomic mass is 10.1. The zero-order chi connectivity index (χ0) is 23.5. The summed E-state index contributed by atoms with van der Waals surface area (Å²) in [6, 6.07) is 13.7. The van der Waals surface area contributed by atoms with E-state index in [1.807, 2.05) is 49.0 Å². The van der Waals surface area contributed by atoms with Crippen molar-refractivity contribution in [2.45, 2.75) is 39.4 Å². The molecule has 1 atom stereocenters. The maximum absolute atomic E-state index is 13.5. The molecule has 1 N–H and O–H groups in total. The van der Waals surface area contributed by atoms with Crippen molar-refractivity contribution in [3.8, 4) is 0 Å². The Hall–Kier alpha value is -3.23. The van der Waals surface area contributed by atoms with Crippen molar-refractivity contribution in [2.75, 3.05) is 10.2 Å². The van der Waals surface area contributed by atoms with Crippen molar-refractivity contribution in [2.24, 2.45) is 0 Å². The van der Waals surface area contributed by atoms with Crippen LogP contribution in [0.4, 0.5) is 11.4 Å². The van der Waals surface area contributed by atoms with Gasteiger partial charge < -0.3 is 10.2 Å². The molecular formula is C24H24ClN5O2S. The molecule has 33 heavy (non-hydrogen) atoms. The third kappa shape index (κ3) is 5.07. The number of aryl methyl sites for hydroxylation is 2. The number of benzene rings is 2. The molecule has 2 aromatic carbocycles. The van der Waals surface area contributed by atoms with Gasteiger partial charge in [-0.05, 0) is 68.0 Å². The number of carbonyl (C=O) groups excluding carboxylic acids is 2. The fourth-order valence-electron chi connectivity index (χ4n) is 3.81. The van der Waals surface area contributed by atoms with Gasteiger partial charge in [0.2, 0.25) is 5.91 Å². The number of nitrogens with one attached hydrogen (secondary N) is 1. The van der Waals surface area contributed by atoms with Gasteiger partial charge in [-0.15, -0.1) is 0 Å². The van der Waals surface area contributed by atoms with Crippen LogP contribution in [0.3, 0.4) is 0 Å². The van der Waals surface area contributed by atoms with Crippen LogP contribution in [-0.4, -0.2) is 37.6 Å². The summed E-state index contributed by atoms with van der Waals surface area (Å²) in [5.74, 6) is -0.501. The molecule has 0 aliphatic carbocycles. The highest BCUT2D eigenvalue weighted by Crippen LogP contribution is 2.29. The fourth-order valence-corrected chi connectivity index (χ4v) is 4.32. The van der Waals surface area contributed by atoms with Crippen molar-refractivity contribution >= 4 is 52.1 Å². The van der Waals surface area contributed by atoms with E-state index in [2.05, 4.69) is 10.4 Å². The smallest absolute Gasteiger partial charge is 0.256 e. The molecule has 1 saturated heterocycles. The summed E-state index contributed by atoms with van der Waals surface area (Å²) in [5, 5.41) is 8.11. The molecule has 0 radical (unpaired) electrons. The number of amides is 2.